The summed E-state index contributed by atoms with van der Waals surface area (Å²) in [5.74, 6) is -0.150. The van der Waals surface area contributed by atoms with E-state index in [4.69, 9.17) is 5.11 Å². The molecule has 0 radical (unpaired) electrons. The summed E-state index contributed by atoms with van der Waals surface area (Å²) >= 11 is 0. The molecule has 0 unspecified atom stereocenters. The van der Waals surface area contributed by atoms with Gasteiger partial charge < -0.3 is 15.3 Å². The van der Waals surface area contributed by atoms with Crippen molar-refractivity contribution in [3.05, 3.63) is 23.9 Å². The minimum absolute atomic E-state index is 0.0657. The molecular formula is C11H15F2N3O2. The number of amides is 1. The van der Waals surface area contributed by atoms with Crippen LogP contribution in [0.3, 0.4) is 0 Å². The van der Waals surface area contributed by atoms with Crippen molar-refractivity contribution in [1.29, 1.82) is 0 Å². The summed E-state index contributed by atoms with van der Waals surface area (Å²) in [4.78, 5) is 16.8. The van der Waals surface area contributed by atoms with Gasteiger partial charge in [0.1, 0.15) is 11.5 Å². The quantitative estimate of drug-likeness (QED) is 0.794. The lowest BCUT2D eigenvalue weighted by Crippen LogP contribution is -2.37. The Bertz CT molecular complexity index is 402. The lowest BCUT2D eigenvalue weighted by molar-refractivity contribution is 0.0504. The second-order valence-corrected chi connectivity index (χ2v) is 3.52. The van der Waals surface area contributed by atoms with E-state index in [2.05, 4.69) is 10.3 Å². The number of pyridine rings is 1. The van der Waals surface area contributed by atoms with Crippen LogP contribution in [-0.4, -0.2) is 54.1 Å². The molecule has 1 aromatic rings. The van der Waals surface area contributed by atoms with Crippen molar-refractivity contribution in [2.45, 2.75) is 6.43 Å². The fourth-order valence-corrected chi connectivity index (χ4v) is 1.42. The van der Waals surface area contributed by atoms with Gasteiger partial charge in [-0.25, -0.2) is 13.8 Å². The summed E-state index contributed by atoms with van der Waals surface area (Å²) in [6, 6.07) is 4.70. The maximum atomic E-state index is 12.3. The number of nitrogens with zero attached hydrogens (tertiary/aromatic N) is 2. The van der Waals surface area contributed by atoms with E-state index in [1.165, 1.54) is 6.07 Å². The van der Waals surface area contributed by atoms with Crippen molar-refractivity contribution in [2.75, 3.05) is 32.1 Å². The van der Waals surface area contributed by atoms with Crippen molar-refractivity contribution in [2.24, 2.45) is 0 Å². The Morgan fingerprint density at radius 2 is 2.28 bits per heavy atom. The number of anilines is 1. The Kier molecular flexibility index (Phi) is 5.44. The SMILES string of the molecule is CNc1cccc(C(=O)N(CCO)CC(F)F)n1. The summed E-state index contributed by atoms with van der Waals surface area (Å²) < 4.78 is 24.6. The molecule has 1 aromatic heterocycles. The van der Waals surface area contributed by atoms with E-state index in [-0.39, 0.29) is 18.8 Å². The first-order valence-electron chi connectivity index (χ1n) is 5.41. The lowest BCUT2D eigenvalue weighted by Gasteiger charge is -2.20. The van der Waals surface area contributed by atoms with Gasteiger partial charge in [0.25, 0.3) is 12.3 Å². The van der Waals surface area contributed by atoms with Crippen LogP contribution in [0.1, 0.15) is 10.5 Å². The third-order valence-corrected chi connectivity index (χ3v) is 2.24. The fraction of sp³-hybridized carbons (Fsp3) is 0.455. The average Bonchev–Trinajstić information content (AvgIpc) is 2.37. The van der Waals surface area contributed by atoms with Gasteiger partial charge >= 0.3 is 0 Å². The van der Waals surface area contributed by atoms with E-state index >= 15 is 0 Å². The average molecular weight is 259 g/mol. The zero-order valence-corrected chi connectivity index (χ0v) is 9.94. The Labute approximate surface area is 103 Å². The van der Waals surface area contributed by atoms with Crippen LogP contribution in [0.5, 0.6) is 0 Å². The van der Waals surface area contributed by atoms with Crippen LogP contribution in [0, 0.1) is 0 Å². The molecule has 100 valence electrons. The fourth-order valence-electron chi connectivity index (χ4n) is 1.42. The van der Waals surface area contributed by atoms with E-state index < -0.39 is 18.9 Å². The predicted molar refractivity (Wildman–Crippen MR) is 62.8 cm³/mol. The van der Waals surface area contributed by atoms with Crippen LogP contribution in [-0.2, 0) is 0 Å². The van der Waals surface area contributed by atoms with Gasteiger partial charge in [-0.05, 0) is 12.1 Å². The molecule has 0 aromatic carbocycles. The largest absolute Gasteiger partial charge is 0.395 e. The van der Waals surface area contributed by atoms with Gasteiger partial charge in [0.05, 0.1) is 13.2 Å². The zero-order valence-electron chi connectivity index (χ0n) is 9.94. The molecule has 0 saturated heterocycles. The van der Waals surface area contributed by atoms with Crippen LogP contribution >= 0.6 is 0 Å². The third kappa shape index (κ3) is 3.92. The van der Waals surface area contributed by atoms with Crippen molar-refractivity contribution >= 4 is 11.7 Å². The molecule has 0 aliphatic heterocycles. The normalized spacial score (nSPS) is 10.5. The smallest absolute Gasteiger partial charge is 0.272 e. The maximum Gasteiger partial charge on any atom is 0.272 e. The van der Waals surface area contributed by atoms with E-state index in [0.717, 1.165) is 4.90 Å². The van der Waals surface area contributed by atoms with Crippen LogP contribution in [0.25, 0.3) is 0 Å². The molecular weight excluding hydrogens is 244 g/mol. The highest BCUT2D eigenvalue weighted by molar-refractivity contribution is 5.92. The van der Waals surface area contributed by atoms with E-state index in [0.29, 0.717) is 5.82 Å². The van der Waals surface area contributed by atoms with Gasteiger partial charge in [0, 0.05) is 13.6 Å². The molecule has 0 aliphatic carbocycles. The minimum Gasteiger partial charge on any atom is -0.395 e. The summed E-state index contributed by atoms with van der Waals surface area (Å²) in [7, 11) is 1.64. The molecule has 0 fully saturated rings. The number of halogens is 2. The van der Waals surface area contributed by atoms with E-state index in [1.807, 2.05) is 0 Å². The topological polar surface area (TPSA) is 65.5 Å². The first-order valence-corrected chi connectivity index (χ1v) is 5.41. The standard InChI is InChI=1S/C11H15F2N3O2/c1-14-10-4-2-3-8(15-10)11(18)16(5-6-17)7-9(12)13/h2-4,9,17H,5-7H2,1H3,(H,14,15). The molecule has 7 heteroatoms. The van der Waals surface area contributed by atoms with Crippen molar-refractivity contribution < 1.29 is 18.7 Å². The molecule has 2 N–H and O–H groups in total. The highest BCUT2D eigenvalue weighted by Gasteiger charge is 2.20. The number of aliphatic hydroxyl groups is 1. The number of aromatic nitrogens is 1. The van der Waals surface area contributed by atoms with E-state index in [9.17, 15) is 13.6 Å². The lowest BCUT2D eigenvalue weighted by atomic mass is 10.3. The molecule has 0 bridgehead atoms. The van der Waals surface area contributed by atoms with Crippen LogP contribution in [0.2, 0.25) is 0 Å². The van der Waals surface area contributed by atoms with Crippen LogP contribution < -0.4 is 5.32 Å². The number of aliphatic hydroxyl groups excluding tert-OH is 1. The molecule has 0 saturated carbocycles. The number of hydrogen-bond donors (Lipinski definition) is 2. The first kappa shape index (κ1) is 14.3. The maximum absolute atomic E-state index is 12.3. The van der Waals surface area contributed by atoms with Gasteiger partial charge in [-0.1, -0.05) is 6.07 Å². The monoisotopic (exact) mass is 259 g/mol. The second-order valence-electron chi connectivity index (χ2n) is 3.52. The highest BCUT2D eigenvalue weighted by Crippen LogP contribution is 2.08. The number of alkyl halides is 2. The summed E-state index contributed by atoms with van der Waals surface area (Å²) in [5, 5.41) is 11.5. The second kappa shape index (κ2) is 6.85. The summed E-state index contributed by atoms with van der Waals surface area (Å²) in [6.45, 7) is -1.23. The summed E-state index contributed by atoms with van der Waals surface area (Å²) in [5.41, 5.74) is 0.0657. The Hall–Kier alpha value is -1.76. The minimum atomic E-state index is -2.65. The zero-order chi connectivity index (χ0) is 13.5. The molecule has 1 amide bonds. The Morgan fingerprint density at radius 1 is 1.56 bits per heavy atom. The van der Waals surface area contributed by atoms with Crippen molar-refractivity contribution in [3.8, 4) is 0 Å². The number of rotatable bonds is 6. The highest BCUT2D eigenvalue weighted by atomic mass is 19.3. The van der Waals surface area contributed by atoms with Crippen molar-refractivity contribution in [1.82, 2.24) is 9.88 Å². The Morgan fingerprint density at radius 3 is 2.83 bits per heavy atom. The molecule has 18 heavy (non-hydrogen) atoms. The third-order valence-electron chi connectivity index (χ3n) is 2.24. The molecule has 0 atom stereocenters. The van der Waals surface area contributed by atoms with Gasteiger partial charge in [-0.15, -0.1) is 0 Å². The molecule has 0 spiro atoms. The number of carbonyl (C=O) groups excluding carboxylic acids is 1. The van der Waals surface area contributed by atoms with Gasteiger partial charge in [0.15, 0.2) is 0 Å². The molecule has 1 heterocycles. The first-order chi connectivity index (χ1) is 8.58. The molecule has 5 nitrogen and oxygen atoms in total. The van der Waals surface area contributed by atoms with Gasteiger partial charge in [-0.3, -0.25) is 4.79 Å². The molecule has 0 aliphatic rings. The predicted octanol–water partition coefficient (Wildman–Crippen LogP) is 0.823. The van der Waals surface area contributed by atoms with Gasteiger partial charge in [-0.2, -0.15) is 0 Å². The number of hydrogen-bond acceptors (Lipinski definition) is 4. The Balaban J connectivity index is 2.86. The number of nitrogens with one attached hydrogen (secondary N) is 1. The van der Waals surface area contributed by atoms with Crippen LogP contribution in [0.4, 0.5) is 14.6 Å². The van der Waals surface area contributed by atoms with Gasteiger partial charge in [0.2, 0.25) is 0 Å². The van der Waals surface area contributed by atoms with E-state index in [1.54, 1.807) is 19.2 Å². The van der Waals surface area contributed by atoms with Crippen molar-refractivity contribution in [3.63, 3.8) is 0 Å². The van der Waals surface area contributed by atoms with Crippen LogP contribution in [0.15, 0.2) is 18.2 Å². The molecule has 1 rings (SSSR count). The summed E-state index contributed by atoms with van der Waals surface area (Å²) in [6.07, 6.45) is -2.65. The number of carbonyl (C=O) groups is 1.